The number of aromatic nitrogens is 1. The van der Waals surface area contributed by atoms with Crippen LogP contribution in [0.1, 0.15) is 31.0 Å². The summed E-state index contributed by atoms with van der Waals surface area (Å²) in [5, 5.41) is 27.5. The molecule has 2 rings (SSSR count). The molecule has 0 bridgehead atoms. The molecule has 2 aromatic rings. The molecule has 0 spiro atoms. The summed E-state index contributed by atoms with van der Waals surface area (Å²) in [4.78, 5) is 12.6. The number of aromatic hydroxyl groups is 1. The lowest BCUT2D eigenvalue weighted by molar-refractivity contribution is 0.386. The highest BCUT2D eigenvalue weighted by Gasteiger charge is 2.20. The highest BCUT2D eigenvalue weighted by Crippen LogP contribution is 2.30. The van der Waals surface area contributed by atoms with E-state index in [0.29, 0.717) is 11.3 Å². The van der Waals surface area contributed by atoms with Crippen molar-refractivity contribution in [1.29, 1.82) is 5.26 Å². The molecule has 0 fully saturated rings. The average molecular weight is 375 g/mol. The SMILES string of the molecule is Cc1c(C#N)c(O)n(C(C)C)c(=O)c1N=Nc1ccccc1Br. The quantitative estimate of drug-likeness (QED) is 0.801. The first-order valence-corrected chi connectivity index (χ1v) is 7.72. The molecule has 0 amide bonds. The Morgan fingerprint density at radius 2 is 1.96 bits per heavy atom. The molecule has 1 aromatic heterocycles. The van der Waals surface area contributed by atoms with Crippen LogP contribution in [0.3, 0.4) is 0 Å². The zero-order valence-electron chi connectivity index (χ0n) is 12.9. The third-order valence-corrected chi connectivity index (χ3v) is 4.01. The number of azo groups is 1. The highest BCUT2D eigenvalue weighted by molar-refractivity contribution is 9.10. The second kappa shape index (κ2) is 6.75. The van der Waals surface area contributed by atoms with Crippen molar-refractivity contribution in [2.24, 2.45) is 10.2 Å². The summed E-state index contributed by atoms with van der Waals surface area (Å²) in [5.41, 5.74) is 0.463. The fourth-order valence-electron chi connectivity index (χ4n) is 2.14. The van der Waals surface area contributed by atoms with Crippen LogP contribution in [0.2, 0.25) is 0 Å². The first kappa shape index (κ1) is 16.9. The van der Waals surface area contributed by atoms with E-state index < -0.39 is 5.56 Å². The smallest absolute Gasteiger partial charge is 0.281 e. The number of pyridine rings is 1. The van der Waals surface area contributed by atoms with E-state index in [1.54, 1.807) is 32.9 Å². The Labute approximate surface area is 141 Å². The molecule has 7 heteroatoms. The summed E-state index contributed by atoms with van der Waals surface area (Å²) in [7, 11) is 0. The second-order valence-corrected chi connectivity index (χ2v) is 6.06. The minimum Gasteiger partial charge on any atom is -0.493 e. The van der Waals surface area contributed by atoms with Crippen LogP contribution in [-0.4, -0.2) is 9.67 Å². The molecule has 23 heavy (non-hydrogen) atoms. The van der Waals surface area contributed by atoms with Crippen molar-refractivity contribution in [2.45, 2.75) is 26.8 Å². The molecule has 118 valence electrons. The molecule has 6 nitrogen and oxygen atoms in total. The van der Waals surface area contributed by atoms with Gasteiger partial charge in [0.1, 0.15) is 11.6 Å². The van der Waals surface area contributed by atoms with Crippen molar-refractivity contribution in [3.05, 3.63) is 50.2 Å². The number of rotatable bonds is 3. The molecule has 0 atom stereocenters. The van der Waals surface area contributed by atoms with Crippen LogP contribution in [-0.2, 0) is 0 Å². The average Bonchev–Trinajstić information content (AvgIpc) is 2.48. The van der Waals surface area contributed by atoms with E-state index in [0.717, 1.165) is 9.04 Å². The lowest BCUT2D eigenvalue weighted by Gasteiger charge is -2.15. The Kier molecular flexibility index (Phi) is 4.96. The minimum absolute atomic E-state index is 0.0272. The summed E-state index contributed by atoms with van der Waals surface area (Å²) in [5.74, 6) is -0.343. The van der Waals surface area contributed by atoms with E-state index in [2.05, 4.69) is 26.2 Å². The maximum Gasteiger partial charge on any atom is 0.281 e. The third kappa shape index (κ3) is 3.17. The topological polar surface area (TPSA) is 90.7 Å². The van der Waals surface area contributed by atoms with Crippen LogP contribution in [0, 0.1) is 18.3 Å². The Hall–Kier alpha value is -2.46. The van der Waals surface area contributed by atoms with E-state index in [9.17, 15) is 15.2 Å². The van der Waals surface area contributed by atoms with Gasteiger partial charge in [-0.3, -0.25) is 9.36 Å². The molecule has 1 heterocycles. The number of nitrogens with zero attached hydrogens (tertiary/aromatic N) is 4. The lowest BCUT2D eigenvalue weighted by atomic mass is 10.1. The zero-order chi connectivity index (χ0) is 17.1. The van der Waals surface area contributed by atoms with Crippen molar-refractivity contribution in [3.8, 4) is 11.9 Å². The van der Waals surface area contributed by atoms with Gasteiger partial charge in [-0.1, -0.05) is 12.1 Å². The predicted octanol–water partition coefficient (Wildman–Crippen LogP) is 4.49. The molecule has 0 aliphatic carbocycles. The van der Waals surface area contributed by atoms with E-state index in [-0.39, 0.29) is 23.2 Å². The van der Waals surface area contributed by atoms with Crippen molar-refractivity contribution in [1.82, 2.24) is 4.57 Å². The number of benzene rings is 1. The number of nitriles is 1. The van der Waals surface area contributed by atoms with Crippen molar-refractivity contribution in [3.63, 3.8) is 0 Å². The fourth-order valence-corrected chi connectivity index (χ4v) is 2.51. The Morgan fingerprint density at radius 3 is 2.52 bits per heavy atom. The van der Waals surface area contributed by atoms with Crippen molar-refractivity contribution in [2.75, 3.05) is 0 Å². The van der Waals surface area contributed by atoms with Gasteiger partial charge in [-0.05, 0) is 48.8 Å². The second-order valence-electron chi connectivity index (χ2n) is 5.20. The molecule has 0 saturated heterocycles. The first-order valence-electron chi connectivity index (χ1n) is 6.92. The monoisotopic (exact) mass is 374 g/mol. The molecular formula is C16H15BrN4O2. The molecule has 0 aliphatic heterocycles. The minimum atomic E-state index is -0.482. The van der Waals surface area contributed by atoms with Gasteiger partial charge in [0.05, 0.1) is 5.69 Å². The molecular weight excluding hydrogens is 360 g/mol. The van der Waals surface area contributed by atoms with Gasteiger partial charge < -0.3 is 5.11 Å². The van der Waals surface area contributed by atoms with E-state index in [4.69, 9.17) is 0 Å². The largest absolute Gasteiger partial charge is 0.493 e. The maximum absolute atomic E-state index is 12.6. The van der Waals surface area contributed by atoms with Gasteiger partial charge in [0.2, 0.25) is 5.88 Å². The van der Waals surface area contributed by atoms with Crippen LogP contribution >= 0.6 is 15.9 Å². The van der Waals surface area contributed by atoms with Gasteiger partial charge in [-0.2, -0.15) is 5.26 Å². The Morgan fingerprint density at radius 1 is 1.30 bits per heavy atom. The molecule has 1 aromatic carbocycles. The van der Waals surface area contributed by atoms with E-state index in [1.807, 2.05) is 18.2 Å². The lowest BCUT2D eigenvalue weighted by Crippen LogP contribution is -2.23. The van der Waals surface area contributed by atoms with Gasteiger partial charge >= 0.3 is 0 Å². The summed E-state index contributed by atoms with van der Waals surface area (Å²) in [6, 6.07) is 8.80. The maximum atomic E-state index is 12.6. The van der Waals surface area contributed by atoms with Crippen molar-refractivity contribution < 1.29 is 5.11 Å². The van der Waals surface area contributed by atoms with Crippen LogP contribution in [0.5, 0.6) is 5.88 Å². The number of halogens is 1. The van der Waals surface area contributed by atoms with E-state index >= 15 is 0 Å². The van der Waals surface area contributed by atoms with Gasteiger partial charge in [-0.25, -0.2) is 0 Å². The summed E-state index contributed by atoms with van der Waals surface area (Å²) in [6.45, 7) is 5.05. The van der Waals surface area contributed by atoms with Gasteiger partial charge in [0.25, 0.3) is 5.56 Å². The number of hydrogen-bond donors (Lipinski definition) is 1. The standard InChI is InChI=1S/C16H15BrN4O2/c1-9(2)21-15(22)11(8-18)10(3)14(16(21)23)20-19-13-7-5-4-6-12(13)17/h4-7,9,22H,1-3H3. The van der Waals surface area contributed by atoms with E-state index in [1.165, 1.54) is 0 Å². The van der Waals surface area contributed by atoms with Gasteiger partial charge in [-0.15, -0.1) is 10.2 Å². The predicted molar refractivity (Wildman–Crippen MR) is 90.5 cm³/mol. The van der Waals surface area contributed by atoms with Gasteiger partial charge in [0, 0.05) is 16.1 Å². The molecule has 0 aliphatic rings. The Bertz CT molecular complexity index is 879. The highest BCUT2D eigenvalue weighted by atomic mass is 79.9. The third-order valence-electron chi connectivity index (χ3n) is 3.34. The molecule has 0 unspecified atom stereocenters. The molecule has 1 N–H and O–H groups in total. The zero-order valence-corrected chi connectivity index (χ0v) is 14.5. The van der Waals surface area contributed by atoms with Crippen LogP contribution < -0.4 is 5.56 Å². The summed E-state index contributed by atoms with van der Waals surface area (Å²) >= 11 is 3.35. The van der Waals surface area contributed by atoms with Crippen LogP contribution in [0.15, 0.2) is 43.8 Å². The van der Waals surface area contributed by atoms with Gasteiger partial charge in [0.15, 0.2) is 5.69 Å². The normalized spacial score (nSPS) is 11.1. The first-order chi connectivity index (χ1) is 10.9. The molecule has 0 saturated carbocycles. The van der Waals surface area contributed by atoms with Crippen LogP contribution in [0.25, 0.3) is 0 Å². The number of hydrogen-bond acceptors (Lipinski definition) is 5. The summed E-state index contributed by atoms with van der Waals surface area (Å²) < 4.78 is 1.88. The fraction of sp³-hybridized carbons (Fsp3) is 0.250. The van der Waals surface area contributed by atoms with Crippen LogP contribution in [0.4, 0.5) is 11.4 Å². The Balaban J connectivity index is 2.69. The summed E-state index contributed by atoms with van der Waals surface area (Å²) in [6.07, 6.45) is 0. The van der Waals surface area contributed by atoms with Crippen molar-refractivity contribution >= 4 is 27.3 Å². The molecule has 0 radical (unpaired) electrons.